The second-order valence-corrected chi connectivity index (χ2v) is 6.93. The Hall–Kier alpha value is -1.10. The Bertz CT molecular complexity index is 328. The van der Waals surface area contributed by atoms with Crippen molar-refractivity contribution in [2.24, 2.45) is 23.7 Å². The molecule has 0 rings (SSSR count). The van der Waals surface area contributed by atoms with Gasteiger partial charge in [0.25, 0.3) is 0 Å². The van der Waals surface area contributed by atoms with E-state index in [1.54, 1.807) is 0 Å². The van der Waals surface area contributed by atoms with Crippen LogP contribution in [0.25, 0.3) is 0 Å². The lowest BCUT2D eigenvalue weighted by molar-refractivity contribution is -0.163. The zero-order valence-corrected chi connectivity index (χ0v) is 14.8. The number of esters is 2. The highest BCUT2D eigenvalue weighted by Crippen LogP contribution is 2.24. The summed E-state index contributed by atoms with van der Waals surface area (Å²) in [6.45, 7) is 11.7. The Morgan fingerprint density at radius 1 is 0.909 bits per heavy atom. The number of hydrogen-bond donors (Lipinski definition) is 1. The van der Waals surface area contributed by atoms with Gasteiger partial charge in [-0.1, -0.05) is 41.5 Å². The highest BCUT2D eigenvalue weighted by molar-refractivity contribution is 5.70. The van der Waals surface area contributed by atoms with Gasteiger partial charge < -0.3 is 14.6 Å². The first-order chi connectivity index (χ1) is 10.2. The zero-order chi connectivity index (χ0) is 17.3. The molecule has 0 spiro atoms. The van der Waals surface area contributed by atoms with Crippen LogP contribution >= 0.6 is 0 Å². The monoisotopic (exact) mass is 316 g/mol. The van der Waals surface area contributed by atoms with Crippen molar-refractivity contribution in [2.45, 2.75) is 60.5 Å². The van der Waals surface area contributed by atoms with E-state index in [0.717, 1.165) is 0 Å². The van der Waals surface area contributed by atoms with Crippen molar-refractivity contribution >= 4 is 11.9 Å². The van der Waals surface area contributed by atoms with E-state index in [-0.39, 0.29) is 37.0 Å². The molecule has 0 bridgehead atoms. The van der Waals surface area contributed by atoms with Gasteiger partial charge in [-0.05, 0) is 23.7 Å². The minimum Gasteiger partial charge on any atom is -0.462 e. The maximum atomic E-state index is 12.0. The number of aliphatic hydroxyl groups excluding tert-OH is 1. The number of aliphatic hydroxyl groups is 1. The normalized spacial score (nSPS) is 13.0. The van der Waals surface area contributed by atoms with Gasteiger partial charge in [0, 0.05) is 12.8 Å². The fourth-order valence-electron chi connectivity index (χ4n) is 2.37. The number of carbonyl (C=O) groups is 2. The Labute approximate surface area is 134 Å². The van der Waals surface area contributed by atoms with Crippen molar-refractivity contribution in [3.05, 3.63) is 0 Å². The molecule has 0 saturated carbocycles. The van der Waals surface area contributed by atoms with Crippen molar-refractivity contribution in [1.29, 1.82) is 0 Å². The summed E-state index contributed by atoms with van der Waals surface area (Å²) in [5.74, 6) is 0.502. The van der Waals surface area contributed by atoms with Crippen LogP contribution in [0.4, 0.5) is 0 Å². The van der Waals surface area contributed by atoms with Crippen LogP contribution in [0.3, 0.4) is 0 Å². The molecule has 0 unspecified atom stereocenters. The molecule has 5 nitrogen and oxygen atoms in total. The third-order valence-electron chi connectivity index (χ3n) is 3.62. The Morgan fingerprint density at radius 2 is 1.45 bits per heavy atom. The lowest BCUT2D eigenvalue weighted by Crippen LogP contribution is -2.30. The molecule has 5 heteroatoms. The van der Waals surface area contributed by atoms with E-state index in [1.165, 1.54) is 0 Å². The van der Waals surface area contributed by atoms with Crippen LogP contribution in [0.5, 0.6) is 0 Å². The third kappa shape index (κ3) is 9.03. The molecule has 0 heterocycles. The van der Waals surface area contributed by atoms with Crippen molar-refractivity contribution in [1.82, 2.24) is 0 Å². The molecule has 0 aliphatic carbocycles. The summed E-state index contributed by atoms with van der Waals surface area (Å²) in [4.78, 5) is 23.5. The topological polar surface area (TPSA) is 72.8 Å². The first-order valence-corrected chi connectivity index (χ1v) is 8.13. The van der Waals surface area contributed by atoms with E-state index < -0.39 is 6.10 Å². The minimum absolute atomic E-state index is 0.0954. The van der Waals surface area contributed by atoms with Crippen LogP contribution in [-0.4, -0.2) is 36.4 Å². The second kappa shape index (κ2) is 10.6. The van der Waals surface area contributed by atoms with Gasteiger partial charge in [-0.15, -0.1) is 0 Å². The minimum atomic E-state index is -0.788. The lowest BCUT2D eigenvalue weighted by atomic mass is 9.83. The molecule has 0 aromatic rings. The van der Waals surface area contributed by atoms with Gasteiger partial charge in [-0.25, -0.2) is 0 Å². The third-order valence-corrected chi connectivity index (χ3v) is 3.62. The van der Waals surface area contributed by atoms with Crippen LogP contribution in [-0.2, 0) is 19.1 Å². The summed E-state index contributed by atoms with van der Waals surface area (Å²) in [5, 5.41) is 9.25. The Morgan fingerprint density at radius 3 is 1.86 bits per heavy atom. The number of carbonyl (C=O) groups excluding carboxylic acids is 2. The SMILES string of the molecule is CC(C)CC(=O)OC[C@H](CO)OC(=O)CC(C(C)C)C(C)C. The van der Waals surface area contributed by atoms with Gasteiger partial charge in [0.1, 0.15) is 6.61 Å². The van der Waals surface area contributed by atoms with E-state index in [0.29, 0.717) is 24.7 Å². The van der Waals surface area contributed by atoms with E-state index in [1.807, 2.05) is 13.8 Å². The fraction of sp³-hybridized carbons (Fsp3) is 0.882. The number of rotatable bonds is 10. The molecule has 22 heavy (non-hydrogen) atoms. The molecular formula is C17H32O5. The maximum absolute atomic E-state index is 12.0. The average Bonchev–Trinajstić information content (AvgIpc) is 2.39. The molecule has 0 aliphatic rings. The van der Waals surface area contributed by atoms with Crippen LogP contribution in [0, 0.1) is 23.7 Å². The molecule has 0 fully saturated rings. The molecule has 130 valence electrons. The highest BCUT2D eigenvalue weighted by Gasteiger charge is 2.24. The van der Waals surface area contributed by atoms with Crippen molar-refractivity contribution in [2.75, 3.05) is 13.2 Å². The van der Waals surface area contributed by atoms with E-state index in [4.69, 9.17) is 9.47 Å². The summed E-state index contributed by atoms with van der Waals surface area (Å²) in [5.41, 5.74) is 0. The Kier molecular flexibility index (Phi) is 10.1. The van der Waals surface area contributed by atoms with E-state index >= 15 is 0 Å². The second-order valence-electron chi connectivity index (χ2n) is 6.93. The van der Waals surface area contributed by atoms with E-state index in [9.17, 15) is 14.7 Å². The smallest absolute Gasteiger partial charge is 0.306 e. The standard InChI is InChI=1S/C17H32O5/c1-11(2)7-16(19)21-10-14(9-18)22-17(20)8-15(12(3)4)13(5)6/h11-15,18H,7-10H2,1-6H3/t14-/m0/s1. The van der Waals surface area contributed by atoms with Crippen LogP contribution in [0.2, 0.25) is 0 Å². The van der Waals surface area contributed by atoms with Crippen LogP contribution in [0.1, 0.15) is 54.4 Å². The summed E-state index contributed by atoms with van der Waals surface area (Å²) < 4.78 is 10.3. The molecular weight excluding hydrogens is 284 g/mol. The summed E-state index contributed by atoms with van der Waals surface area (Å²) in [7, 11) is 0. The molecule has 0 aliphatic heterocycles. The Balaban J connectivity index is 4.31. The molecule has 0 saturated heterocycles. The summed E-state index contributed by atoms with van der Waals surface area (Å²) in [6.07, 6.45) is -0.163. The van der Waals surface area contributed by atoms with E-state index in [2.05, 4.69) is 27.7 Å². The largest absolute Gasteiger partial charge is 0.462 e. The number of hydrogen-bond acceptors (Lipinski definition) is 5. The average molecular weight is 316 g/mol. The first-order valence-electron chi connectivity index (χ1n) is 8.13. The predicted molar refractivity (Wildman–Crippen MR) is 85.2 cm³/mol. The quantitative estimate of drug-likeness (QED) is 0.627. The van der Waals surface area contributed by atoms with Gasteiger partial charge >= 0.3 is 11.9 Å². The van der Waals surface area contributed by atoms with Crippen LogP contribution < -0.4 is 0 Å². The van der Waals surface area contributed by atoms with Crippen molar-refractivity contribution < 1.29 is 24.2 Å². The lowest BCUT2D eigenvalue weighted by Gasteiger charge is -2.25. The van der Waals surface area contributed by atoms with Crippen molar-refractivity contribution in [3.8, 4) is 0 Å². The predicted octanol–water partition coefficient (Wildman–Crippen LogP) is 2.80. The first kappa shape index (κ1) is 20.9. The summed E-state index contributed by atoms with van der Waals surface area (Å²) >= 11 is 0. The van der Waals surface area contributed by atoms with Gasteiger partial charge in [-0.3, -0.25) is 9.59 Å². The maximum Gasteiger partial charge on any atom is 0.306 e. The fourth-order valence-corrected chi connectivity index (χ4v) is 2.37. The molecule has 1 atom stereocenters. The van der Waals surface area contributed by atoms with Gasteiger partial charge in [0.05, 0.1) is 6.61 Å². The molecule has 0 radical (unpaired) electrons. The number of ether oxygens (including phenoxy) is 2. The van der Waals surface area contributed by atoms with Crippen molar-refractivity contribution in [3.63, 3.8) is 0 Å². The molecule has 1 N–H and O–H groups in total. The highest BCUT2D eigenvalue weighted by atomic mass is 16.6. The molecule has 0 aromatic carbocycles. The van der Waals surface area contributed by atoms with Gasteiger partial charge in [-0.2, -0.15) is 0 Å². The zero-order valence-electron chi connectivity index (χ0n) is 14.8. The molecule has 0 aromatic heterocycles. The molecule has 0 amide bonds. The summed E-state index contributed by atoms with van der Waals surface area (Å²) in [6, 6.07) is 0. The van der Waals surface area contributed by atoms with Gasteiger partial charge in [0.15, 0.2) is 6.10 Å². The van der Waals surface area contributed by atoms with Gasteiger partial charge in [0.2, 0.25) is 0 Å². The van der Waals surface area contributed by atoms with Crippen LogP contribution in [0.15, 0.2) is 0 Å².